The lowest BCUT2D eigenvalue weighted by Crippen LogP contribution is -2.24. The number of nitrogens with zero attached hydrogens (tertiary/aromatic N) is 5. The molecule has 0 unspecified atom stereocenters. The van der Waals surface area contributed by atoms with Crippen LogP contribution in [0.25, 0.3) is 17.1 Å². The highest BCUT2D eigenvalue weighted by Gasteiger charge is 2.23. The molecule has 8 nitrogen and oxygen atoms in total. The van der Waals surface area contributed by atoms with E-state index in [0.29, 0.717) is 0 Å². The minimum absolute atomic E-state index is 0.0201. The van der Waals surface area contributed by atoms with Gasteiger partial charge in [0.05, 0.1) is 24.0 Å². The molecule has 0 bridgehead atoms. The summed E-state index contributed by atoms with van der Waals surface area (Å²) in [7, 11) is 1.83. The summed E-state index contributed by atoms with van der Waals surface area (Å²) in [6, 6.07) is 7.49. The average molecular weight is 338 g/mol. The summed E-state index contributed by atoms with van der Waals surface area (Å²) in [6.07, 6.45) is 2.75. The maximum Gasteiger partial charge on any atom is 0.307 e. The Morgan fingerprint density at radius 2 is 2.12 bits per heavy atom. The molecule has 0 radical (unpaired) electrons. The number of carbonyl (C=O) groups is 1. The summed E-state index contributed by atoms with van der Waals surface area (Å²) in [5.41, 5.74) is 5.58. The van der Waals surface area contributed by atoms with Crippen molar-refractivity contribution in [3.05, 3.63) is 47.3 Å². The standard InChI is InChI=1S/C17H18N6O2/c1-22-10-14(19-21-22)17-13-9-18-7-6-15(13)23(20-17)12-4-2-11(3-5-12)8-16(24)25/h2-5,10,18H,6-9H2,1H3,(H,24,25). The number of aliphatic carboxylic acids is 1. The monoisotopic (exact) mass is 338 g/mol. The van der Waals surface area contributed by atoms with Gasteiger partial charge in [0, 0.05) is 32.1 Å². The van der Waals surface area contributed by atoms with Crippen LogP contribution in [0.2, 0.25) is 0 Å². The van der Waals surface area contributed by atoms with Crippen molar-refractivity contribution in [2.45, 2.75) is 19.4 Å². The Labute approximate surface area is 144 Å². The number of benzene rings is 1. The number of hydrogen-bond acceptors (Lipinski definition) is 5. The largest absolute Gasteiger partial charge is 0.481 e. The summed E-state index contributed by atoms with van der Waals surface area (Å²) in [4.78, 5) is 10.8. The predicted octanol–water partition coefficient (Wildman–Crippen LogP) is 0.941. The van der Waals surface area contributed by atoms with E-state index in [0.717, 1.165) is 53.4 Å². The Kier molecular flexibility index (Phi) is 3.81. The molecule has 1 aromatic carbocycles. The fraction of sp³-hybridized carbons (Fsp3) is 0.294. The van der Waals surface area contributed by atoms with Crippen molar-refractivity contribution in [1.29, 1.82) is 0 Å². The summed E-state index contributed by atoms with van der Waals surface area (Å²) in [5, 5.41) is 25.3. The SMILES string of the molecule is Cn1cc(-c2nn(-c3ccc(CC(=O)O)cc3)c3c2CNCC3)nn1. The third-order valence-corrected chi connectivity index (χ3v) is 4.31. The fourth-order valence-electron chi connectivity index (χ4n) is 3.15. The van der Waals surface area contributed by atoms with E-state index in [9.17, 15) is 4.79 Å². The fourth-order valence-corrected chi connectivity index (χ4v) is 3.15. The molecule has 0 aliphatic carbocycles. The number of carboxylic acid groups (broad SMARTS) is 1. The van der Waals surface area contributed by atoms with Gasteiger partial charge < -0.3 is 10.4 Å². The van der Waals surface area contributed by atoms with Crippen molar-refractivity contribution in [3.8, 4) is 17.1 Å². The van der Waals surface area contributed by atoms with Crippen molar-refractivity contribution >= 4 is 5.97 Å². The van der Waals surface area contributed by atoms with Gasteiger partial charge in [0.1, 0.15) is 11.4 Å². The van der Waals surface area contributed by atoms with Gasteiger partial charge in [-0.05, 0) is 17.7 Å². The molecule has 0 fully saturated rings. The lowest BCUT2D eigenvalue weighted by molar-refractivity contribution is -0.136. The predicted molar refractivity (Wildman–Crippen MR) is 90.3 cm³/mol. The second-order valence-corrected chi connectivity index (χ2v) is 6.13. The Hall–Kier alpha value is -3.00. The Bertz CT molecular complexity index is 925. The van der Waals surface area contributed by atoms with Crippen LogP contribution < -0.4 is 5.32 Å². The molecule has 1 aliphatic heterocycles. The maximum absolute atomic E-state index is 10.8. The number of fused-ring (bicyclic) bond motifs is 1. The Balaban J connectivity index is 1.77. The first-order valence-corrected chi connectivity index (χ1v) is 8.11. The van der Waals surface area contributed by atoms with Crippen LogP contribution in [0.3, 0.4) is 0 Å². The second kappa shape index (κ2) is 6.14. The average Bonchev–Trinajstić information content (AvgIpc) is 3.19. The van der Waals surface area contributed by atoms with Crippen LogP contribution >= 0.6 is 0 Å². The van der Waals surface area contributed by atoms with Gasteiger partial charge >= 0.3 is 5.97 Å². The Morgan fingerprint density at radius 1 is 1.32 bits per heavy atom. The summed E-state index contributed by atoms with van der Waals surface area (Å²) < 4.78 is 3.60. The highest BCUT2D eigenvalue weighted by molar-refractivity contribution is 5.70. The van der Waals surface area contributed by atoms with Crippen LogP contribution in [0.1, 0.15) is 16.8 Å². The molecule has 0 amide bonds. The molecule has 128 valence electrons. The van der Waals surface area contributed by atoms with Crippen molar-refractivity contribution < 1.29 is 9.90 Å². The van der Waals surface area contributed by atoms with Crippen LogP contribution in [-0.4, -0.2) is 42.4 Å². The van der Waals surface area contributed by atoms with Crippen LogP contribution in [0, 0.1) is 0 Å². The van der Waals surface area contributed by atoms with Crippen molar-refractivity contribution in [2.75, 3.05) is 6.54 Å². The number of aryl methyl sites for hydroxylation is 1. The number of aromatic nitrogens is 5. The van der Waals surface area contributed by atoms with Gasteiger partial charge in [0.15, 0.2) is 0 Å². The molecule has 3 heterocycles. The number of carboxylic acids is 1. The lowest BCUT2D eigenvalue weighted by atomic mass is 10.1. The van der Waals surface area contributed by atoms with E-state index >= 15 is 0 Å². The molecule has 0 atom stereocenters. The van der Waals surface area contributed by atoms with E-state index in [1.165, 1.54) is 0 Å². The molecular weight excluding hydrogens is 320 g/mol. The molecule has 0 saturated carbocycles. The van der Waals surface area contributed by atoms with Crippen molar-refractivity contribution in [1.82, 2.24) is 30.1 Å². The van der Waals surface area contributed by atoms with Crippen LogP contribution in [0.5, 0.6) is 0 Å². The van der Waals surface area contributed by atoms with Crippen molar-refractivity contribution in [3.63, 3.8) is 0 Å². The number of rotatable bonds is 4. The molecule has 0 saturated heterocycles. The topological polar surface area (TPSA) is 97.9 Å². The van der Waals surface area contributed by atoms with E-state index in [1.807, 2.05) is 42.2 Å². The van der Waals surface area contributed by atoms with Gasteiger partial charge in [-0.1, -0.05) is 17.3 Å². The second-order valence-electron chi connectivity index (χ2n) is 6.13. The minimum atomic E-state index is -0.833. The first-order valence-electron chi connectivity index (χ1n) is 8.11. The highest BCUT2D eigenvalue weighted by atomic mass is 16.4. The maximum atomic E-state index is 10.8. The smallest absolute Gasteiger partial charge is 0.307 e. The molecule has 2 aromatic heterocycles. The molecule has 2 N–H and O–H groups in total. The molecule has 8 heteroatoms. The quantitative estimate of drug-likeness (QED) is 0.735. The molecular formula is C17H18N6O2. The first kappa shape index (κ1) is 15.5. The van der Waals surface area contributed by atoms with Gasteiger partial charge in [0.2, 0.25) is 0 Å². The molecule has 0 spiro atoms. The van der Waals surface area contributed by atoms with E-state index in [2.05, 4.69) is 15.6 Å². The summed E-state index contributed by atoms with van der Waals surface area (Å²) >= 11 is 0. The van der Waals surface area contributed by atoms with Crippen LogP contribution in [-0.2, 0) is 31.2 Å². The Morgan fingerprint density at radius 3 is 2.80 bits per heavy atom. The molecule has 1 aliphatic rings. The van der Waals surface area contributed by atoms with Crippen LogP contribution in [0.4, 0.5) is 0 Å². The zero-order valence-electron chi connectivity index (χ0n) is 13.8. The van der Waals surface area contributed by atoms with E-state index in [-0.39, 0.29) is 6.42 Å². The molecule has 4 rings (SSSR count). The van der Waals surface area contributed by atoms with Gasteiger partial charge in [-0.15, -0.1) is 5.10 Å². The lowest BCUT2D eigenvalue weighted by Gasteiger charge is -2.15. The summed E-state index contributed by atoms with van der Waals surface area (Å²) in [6.45, 7) is 1.65. The van der Waals surface area contributed by atoms with E-state index < -0.39 is 5.97 Å². The number of hydrogen-bond donors (Lipinski definition) is 2. The zero-order chi connectivity index (χ0) is 17.4. The van der Waals surface area contributed by atoms with Gasteiger partial charge in [0.25, 0.3) is 0 Å². The molecule has 25 heavy (non-hydrogen) atoms. The van der Waals surface area contributed by atoms with Crippen molar-refractivity contribution in [2.24, 2.45) is 7.05 Å². The number of nitrogens with one attached hydrogen (secondary N) is 1. The minimum Gasteiger partial charge on any atom is -0.481 e. The third-order valence-electron chi connectivity index (χ3n) is 4.31. The molecule has 3 aromatic rings. The van der Waals surface area contributed by atoms with E-state index in [4.69, 9.17) is 10.2 Å². The third kappa shape index (κ3) is 2.91. The summed E-state index contributed by atoms with van der Waals surface area (Å²) in [5.74, 6) is -0.833. The van der Waals surface area contributed by atoms with Gasteiger partial charge in [-0.3, -0.25) is 9.48 Å². The van der Waals surface area contributed by atoms with E-state index in [1.54, 1.807) is 4.68 Å². The van der Waals surface area contributed by atoms with Gasteiger partial charge in [-0.25, -0.2) is 4.68 Å². The van der Waals surface area contributed by atoms with Gasteiger partial charge in [-0.2, -0.15) is 5.10 Å². The highest BCUT2D eigenvalue weighted by Crippen LogP contribution is 2.28. The first-order chi connectivity index (χ1) is 12.1. The van der Waals surface area contributed by atoms with Crippen LogP contribution in [0.15, 0.2) is 30.5 Å². The normalized spacial score (nSPS) is 13.6. The zero-order valence-corrected chi connectivity index (χ0v) is 13.8.